The van der Waals surface area contributed by atoms with Crippen molar-refractivity contribution in [2.24, 2.45) is 0 Å². The summed E-state index contributed by atoms with van der Waals surface area (Å²) in [7, 11) is 0. The molecule has 0 saturated carbocycles. The van der Waals surface area contributed by atoms with Gasteiger partial charge in [0.1, 0.15) is 0 Å². The van der Waals surface area contributed by atoms with E-state index < -0.39 is 0 Å². The summed E-state index contributed by atoms with van der Waals surface area (Å²) in [6.45, 7) is 0.416. The van der Waals surface area contributed by atoms with E-state index in [1.54, 1.807) is 23.0 Å². The van der Waals surface area contributed by atoms with Gasteiger partial charge in [0.25, 0.3) is 0 Å². The summed E-state index contributed by atoms with van der Waals surface area (Å²) >= 11 is 0. The molecule has 2 rings (SSSR count). The minimum Gasteiger partial charge on any atom is -0.394 e. The molecule has 0 aliphatic carbocycles. The van der Waals surface area contributed by atoms with Gasteiger partial charge in [-0.25, -0.2) is 4.79 Å². The van der Waals surface area contributed by atoms with Crippen LogP contribution in [0.3, 0.4) is 0 Å². The van der Waals surface area contributed by atoms with Crippen molar-refractivity contribution >= 4 is 17.4 Å². The minimum atomic E-state index is -0.329. The highest BCUT2D eigenvalue weighted by atomic mass is 16.3. The van der Waals surface area contributed by atoms with E-state index in [0.29, 0.717) is 12.2 Å². The highest BCUT2D eigenvalue weighted by Gasteiger charge is 2.04. The second-order valence-corrected chi connectivity index (χ2v) is 3.66. The fourth-order valence-corrected chi connectivity index (χ4v) is 1.47. The number of para-hydroxylation sites is 1. The molecule has 2 aromatic rings. The van der Waals surface area contributed by atoms with Crippen LogP contribution in [0.4, 0.5) is 16.2 Å². The zero-order valence-corrected chi connectivity index (χ0v) is 9.71. The first-order valence-electron chi connectivity index (χ1n) is 5.54. The van der Waals surface area contributed by atoms with E-state index in [-0.39, 0.29) is 12.6 Å². The quantitative estimate of drug-likeness (QED) is 0.765. The number of hydrogen-bond acceptors (Lipinski definition) is 3. The number of amides is 2. The average molecular weight is 246 g/mol. The van der Waals surface area contributed by atoms with Crippen LogP contribution >= 0.6 is 0 Å². The first-order chi connectivity index (χ1) is 8.78. The fourth-order valence-electron chi connectivity index (χ4n) is 1.47. The van der Waals surface area contributed by atoms with Crippen LogP contribution in [0.15, 0.2) is 42.7 Å². The molecular weight excluding hydrogens is 232 g/mol. The number of hydrogen-bond donors (Lipinski definition) is 3. The van der Waals surface area contributed by atoms with Crippen LogP contribution in [0.1, 0.15) is 0 Å². The molecule has 18 heavy (non-hydrogen) atoms. The maximum absolute atomic E-state index is 11.6. The largest absolute Gasteiger partial charge is 0.394 e. The maximum atomic E-state index is 11.6. The number of benzene rings is 1. The molecule has 0 bridgehead atoms. The minimum absolute atomic E-state index is 0.0112. The Kier molecular flexibility index (Phi) is 3.93. The molecule has 6 nitrogen and oxygen atoms in total. The number of aliphatic hydroxyl groups is 1. The standard InChI is InChI=1S/C12H14N4O2/c17-7-6-16-9-11(8-13-16)15-12(18)14-10-4-2-1-3-5-10/h1-5,8-9,17H,6-7H2,(H2,14,15,18). The predicted octanol–water partition coefficient (Wildman–Crippen LogP) is 1.52. The van der Waals surface area contributed by atoms with Crippen molar-refractivity contribution in [3.05, 3.63) is 42.7 Å². The van der Waals surface area contributed by atoms with E-state index >= 15 is 0 Å². The lowest BCUT2D eigenvalue weighted by molar-refractivity contribution is 0.262. The molecule has 0 fully saturated rings. The first-order valence-corrected chi connectivity index (χ1v) is 5.54. The molecule has 0 saturated heterocycles. The lowest BCUT2D eigenvalue weighted by atomic mass is 10.3. The lowest BCUT2D eigenvalue weighted by Gasteiger charge is -2.05. The number of carbonyl (C=O) groups is 1. The highest BCUT2D eigenvalue weighted by molar-refractivity contribution is 5.99. The van der Waals surface area contributed by atoms with Crippen molar-refractivity contribution in [2.75, 3.05) is 17.2 Å². The van der Waals surface area contributed by atoms with E-state index in [9.17, 15) is 4.79 Å². The molecule has 0 radical (unpaired) electrons. The third-order valence-electron chi connectivity index (χ3n) is 2.25. The van der Waals surface area contributed by atoms with E-state index in [1.807, 2.05) is 18.2 Å². The molecule has 94 valence electrons. The van der Waals surface area contributed by atoms with Crippen molar-refractivity contribution in [1.29, 1.82) is 0 Å². The molecular formula is C12H14N4O2. The van der Waals surface area contributed by atoms with Crippen molar-refractivity contribution in [1.82, 2.24) is 9.78 Å². The van der Waals surface area contributed by atoms with E-state index in [4.69, 9.17) is 5.11 Å². The van der Waals surface area contributed by atoms with Crippen LogP contribution in [0, 0.1) is 0 Å². The molecule has 1 heterocycles. The zero-order valence-electron chi connectivity index (χ0n) is 9.71. The Labute approximate surface area is 104 Å². The lowest BCUT2D eigenvalue weighted by Crippen LogP contribution is -2.19. The number of nitrogens with one attached hydrogen (secondary N) is 2. The molecule has 0 spiro atoms. The molecule has 1 aromatic carbocycles. The van der Waals surface area contributed by atoms with E-state index in [2.05, 4.69) is 15.7 Å². The number of rotatable bonds is 4. The Hall–Kier alpha value is -2.34. The SMILES string of the molecule is O=C(Nc1ccccc1)Nc1cnn(CCO)c1. The third kappa shape index (κ3) is 3.33. The molecule has 3 N–H and O–H groups in total. The van der Waals surface area contributed by atoms with Crippen LogP contribution in [-0.4, -0.2) is 27.5 Å². The third-order valence-corrected chi connectivity index (χ3v) is 2.25. The van der Waals surface area contributed by atoms with Gasteiger partial charge in [-0.05, 0) is 12.1 Å². The Morgan fingerprint density at radius 3 is 2.67 bits per heavy atom. The van der Waals surface area contributed by atoms with Gasteiger partial charge in [0.15, 0.2) is 0 Å². The second kappa shape index (κ2) is 5.83. The number of aliphatic hydroxyl groups excluding tert-OH is 1. The zero-order chi connectivity index (χ0) is 12.8. The summed E-state index contributed by atoms with van der Waals surface area (Å²) in [5, 5.41) is 18.1. The second-order valence-electron chi connectivity index (χ2n) is 3.66. The summed E-state index contributed by atoms with van der Waals surface area (Å²) in [6.07, 6.45) is 3.18. The summed E-state index contributed by atoms with van der Waals surface area (Å²) < 4.78 is 1.55. The van der Waals surface area contributed by atoms with Crippen molar-refractivity contribution in [2.45, 2.75) is 6.54 Å². The van der Waals surface area contributed by atoms with Gasteiger partial charge in [0.2, 0.25) is 0 Å². The Balaban J connectivity index is 1.90. The number of aromatic nitrogens is 2. The van der Waals surface area contributed by atoms with Gasteiger partial charge in [-0.15, -0.1) is 0 Å². The number of anilines is 2. The van der Waals surface area contributed by atoms with Crippen LogP contribution in [0.2, 0.25) is 0 Å². The van der Waals surface area contributed by atoms with Gasteiger partial charge < -0.3 is 15.7 Å². The van der Waals surface area contributed by atoms with Crippen molar-refractivity contribution in [3.63, 3.8) is 0 Å². The Bertz CT molecular complexity index is 510. The molecule has 6 heteroatoms. The average Bonchev–Trinajstić information content (AvgIpc) is 2.78. The molecule has 0 unspecified atom stereocenters. The number of carbonyl (C=O) groups excluding carboxylic acids is 1. The predicted molar refractivity (Wildman–Crippen MR) is 68.4 cm³/mol. The highest BCUT2D eigenvalue weighted by Crippen LogP contribution is 2.08. The van der Waals surface area contributed by atoms with Gasteiger partial charge in [-0.2, -0.15) is 5.10 Å². The summed E-state index contributed by atoms with van der Waals surface area (Å²) in [5.41, 5.74) is 1.30. The van der Waals surface area contributed by atoms with Crippen LogP contribution in [0.5, 0.6) is 0 Å². The first kappa shape index (κ1) is 12.1. The monoisotopic (exact) mass is 246 g/mol. The van der Waals surface area contributed by atoms with Gasteiger partial charge >= 0.3 is 6.03 Å². The molecule has 0 aliphatic heterocycles. The van der Waals surface area contributed by atoms with Gasteiger partial charge in [0, 0.05) is 11.9 Å². The normalized spacial score (nSPS) is 10.1. The summed E-state index contributed by atoms with van der Waals surface area (Å²) in [5.74, 6) is 0. The molecule has 2 amide bonds. The van der Waals surface area contributed by atoms with Crippen LogP contribution < -0.4 is 10.6 Å². The molecule has 1 aromatic heterocycles. The van der Waals surface area contributed by atoms with Crippen molar-refractivity contribution < 1.29 is 9.90 Å². The fraction of sp³-hybridized carbons (Fsp3) is 0.167. The Morgan fingerprint density at radius 1 is 1.22 bits per heavy atom. The summed E-state index contributed by atoms with van der Waals surface area (Å²) in [4.78, 5) is 11.6. The van der Waals surface area contributed by atoms with Crippen LogP contribution in [-0.2, 0) is 6.54 Å². The van der Waals surface area contributed by atoms with E-state index in [0.717, 1.165) is 5.69 Å². The Morgan fingerprint density at radius 2 is 1.94 bits per heavy atom. The van der Waals surface area contributed by atoms with Crippen LogP contribution in [0.25, 0.3) is 0 Å². The van der Waals surface area contributed by atoms with E-state index in [1.165, 1.54) is 6.20 Å². The van der Waals surface area contributed by atoms with Gasteiger partial charge in [0.05, 0.1) is 25.0 Å². The van der Waals surface area contributed by atoms with Crippen molar-refractivity contribution in [3.8, 4) is 0 Å². The topological polar surface area (TPSA) is 79.2 Å². The maximum Gasteiger partial charge on any atom is 0.323 e. The molecule has 0 aliphatic rings. The van der Waals surface area contributed by atoms with Gasteiger partial charge in [-0.3, -0.25) is 4.68 Å². The summed E-state index contributed by atoms with van der Waals surface area (Å²) in [6, 6.07) is 8.83. The van der Waals surface area contributed by atoms with Gasteiger partial charge in [-0.1, -0.05) is 18.2 Å². The number of urea groups is 1. The number of nitrogens with zero attached hydrogens (tertiary/aromatic N) is 2. The smallest absolute Gasteiger partial charge is 0.323 e. The molecule has 0 atom stereocenters.